The lowest BCUT2D eigenvalue weighted by Crippen LogP contribution is -2.45. The third-order valence-electron chi connectivity index (χ3n) is 4.15. The number of aliphatic hydroxyl groups excluding tert-OH is 1. The summed E-state index contributed by atoms with van der Waals surface area (Å²) in [6, 6.07) is 0.716. The second kappa shape index (κ2) is 8.90. The van der Waals surface area contributed by atoms with Crippen LogP contribution in [0.15, 0.2) is 0 Å². The van der Waals surface area contributed by atoms with Crippen LogP contribution in [0.2, 0.25) is 0 Å². The number of nitrogens with two attached hydrogens (primary N) is 1. The van der Waals surface area contributed by atoms with E-state index in [-0.39, 0.29) is 0 Å². The van der Waals surface area contributed by atoms with Crippen molar-refractivity contribution in [3.8, 4) is 0 Å². The highest BCUT2D eigenvalue weighted by Crippen LogP contribution is 2.28. The van der Waals surface area contributed by atoms with Gasteiger partial charge in [-0.1, -0.05) is 19.8 Å². The molecule has 1 aliphatic carbocycles. The summed E-state index contributed by atoms with van der Waals surface area (Å²) in [6.07, 6.45) is 8.68. The Kier molecular flexibility index (Phi) is 7.82. The third-order valence-corrected chi connectivity index (χ3v) is 4.15. The van der Waals surface area contributed by atoms with E-state index >= 15 is 0 Å². The second-order valence-electron chi connectivity index (χ2n) is 5.26. The zero-order chi connectivity index (χ0) is 12.5. The quantitative estimate of drug-likeness (QED) is 0.640. The first-order valence-electron chi connectivity index (χ1n) is 7.38. The fourth-order valence-electron chi connectivity index (χ4n) is 3.11. The van der Waals surface area contributed by atoms with E-state index in [0.717, 1.165) is 25.9 Å². The van der Waals surface area contributed by atoms with Crippen LogP contribution in [0.3, 0.4) is 0 Å². The first kappa shape index (κ1) is 14.9. The number of hydrogen-bond acceptors (Lipinski definition) is 3. The molecule has 0 aromatic carbocycles. The fraction of sp³-hybridized carbons (Fsp3) is 1.00. The summed E-state index contributed by atoms with van der Waals surface area (Å²) < 4.78 is 0. The van der Waals surface area contributed by atoms with E-state index in [9.17, 15) is 0 Å². The normalized spacial score (nSPS) is 25.4. The Morgan fingerprint density at radius 1 is 1.18 bits per heavy atom. The first-order chi connectivity index (χ1) is 8.33. The molecule has 0 aliphatic heterocycles. The molecule has 1 aliphatic rings. The van der Waals surface area contributed by atoms with Gasteiger partial charge in [0.25, 0.3) is 0 Å². The van der Waals surface area contributed by atoms with Gasteiger partial charge in [-0.15, -0.1) is 0 Å². The molecular formula is C14H30N2O. The van der Waals surface area contributed by atoms with Gasteiger partial charge in [0.05, 0.1) is 0 Å². The highest BCUT2D eigenvalue weighted by molar-refractivity contribution is 4.83. The third kappa shape index (κ3) is 4.94. The van der Waals surface area contributed by atoms with Crippen molar-refractivity contribution in [2.24, 2.45) is 11.7 Å². The Hall–Kier alpha value is -0.120. The van der Waals surface area contributed by atoms with Gasteiger partial charge in [-0.05, 0) is 57.7 Å². The van der Waals surface area contributed by atoms with E-state index in [0.29, 0.717) is 18.6 Å². The molecule has 1 fully saturated rings. The summed E-state index contributed by atoms with van der Waals surface area (Å²) >= 11 is 0. The van der Waals surface area contributed by atoms with Gasteiger partial charge in [0.15, 0.2) is 0 Å². The first-order valence-corrected chi connectivity index (χ1v) is 7.38. The summed E-state index contributed by atoms with van der Waals surface area (Å²) in [6.45, 7) is 5.75. The predicted octanol–water partition coefficient (Wildman–Crippen LogP) is 1.99. The number of nitrogens with zero attached hydrogens (tertiary/aromatic N) is 1. The molecule has 3 heteroatoms. The summed E-state index contributed by atoms with van der Waals surface area (Å²) in [5.74, 6) is 0.710. The lowest BCUT2D eigenvalue weighted by Gasteiger charge is -2.39. The number of aliphatic hydroxyl groups is 1. The van der Waals surface area contributed by atoms with Crippen molar-refractivity contribution in [3.05, 3.63) is 0 Å². The molecule has 0 amide bonds. The van der Waals surface area contributed by atoms with Crippen LogP contribution in [0.5, 0.6) is 0 Å². The summed E-state index contributed by atoms with van der Waals surface area (Å²) in [5, 5.41) is 8.79. The Balaban J connectivity index is 2.35. The number of rotatable bonds is 8. The van der Waals surface area contributed by atoms with Gasteiger partial charge in [-0.2, -0.15) is 0 Å². The largest absolute Gasteiger partial charge is 0.396 e. The molecule has 0 spiro atoms. The summed E-state index contributed by atoms with van der Waals surface area (Å²) in [4.78, 5) is 2.62. The topological polar surface area (TPSA) is 49.5 Å². The molecule has 1 rings (SSSR count). The molecular weight excluding hydrogens is 212 g/mol. The predicted molar refractivity (Wildman–Crippen MR) is 73.0 cm³/mol. The van der Waals surface area contributed by atoms with E-state index in [1.54, 1.807) is 0 Å². The second-order valence-corrected chi connectivity index (χ2v) is 5.26. The molecule has 0 heterocycles. The van der Waals surface area contributed by atoms with E-state index < -0.39 is 0 Å². The average Bonchev–Trinajstić information content (AvgIpc) is 2.39. The van der Waals surface area contributed by atoms with E-state index in [1.807, 2.05) is 0 Å². The molecule has 0 bridgehead atoms. The van der Waals surface area contributed by atoms with Gasteiger partial charge < -0.3 is 15.7 Å². The zero-order valence-electron chi connectivity index (χ0n) is 11.4. The highest BCUT2D eigenvalue weighted by Gasteiger charge is 2.27. The van der Waals surface area contributed by atoms with E-state index in [1.165, 1.54) is 38.6 Å². The minimum absolute atomic E-state index is 0.334. The summed E-state index contributed by atoms with van der Waals surface area (Å²) in [5.41, 5.74) is 5.90. The molecule has 0 saturated heterocycles. The maximum Gasteiger partial charge on any atom is 0.0431 e. The molecule has 1 saturated carbocycles. The minimum Gasteiger partial charge on any atom is -0.396 e. The van der Waals surface area contributed by atoms with Crippen molar-refractivity contribution in [2.45, 2.75) is 57.9 Å². The van der Waals surface area contributed by atoms with Crippen LogP contribution < -0.4 is 5.73 Å². The standard InChI is InChI=1S/C14H30N2O/c1-2-16(10-6-3-7-11-17)14-9-5-4-8-13(14)12-15/h13-14,17H,2-12,15H2,1H3. The Morgan fingerprint density at radius 2 is 1.94 bits per heavy atom. The molecule has 2 atom stereocenters. The Labute approximate surface area is 106 Å². The molecule has 102 valence electrons. The van der Waals surface area contributed by atoms with Crippen LogP contribution in [0.25, 0.3) is 0 Å². The lowest BCUT2D eigenvalue weighted by atomic mass is 9.83. The molecule has 0 radical (unpaired) electrons. The maximum atomic E-state index is 8.79. The monoisotopic (exact) mass is 242 g/mol. The van der Waals surface area contributed by atoms with Gasteiger partial charge in [0.2, 0.25) is 0 Å². The van der Waals surface area contributed by atoms with Gasteiger partial charge >= 0.3 is 0 Å². The van der Waals surface area contributed by atoms with Crippen LogP contribution in [-0.4, -0.2) is 42.3 Å². The SMILES string of the molecule is CCN(CCCCCO)C1CCCCC1CN. The number of hydrogen-bond donors (Lipinski definition) is 2. The van der Waals surface area contributed by atoms with Crippen molar-refractivity contribution in [1.82, 2.24) is 4.90 Å². The van der Waals surface area contributed by atoms with Gasteiger partial charge in [-0.3, -0.25) is 0 Å². The van der Waals surface area contributed by atoms with Crippen molar-refractivity contribution < 1.29 is 5.11 Å². The maximum absolute atomic E-state index is 8.79. The zero-order valence-corrected chi connectivity index (χ0v) is 11.4. The molecule has 3 N–H and O–H groups in total. The van der Waals surface area contributed by atoms with Crippen molar-refractivity contribution >= 4 is 0 Å². The summed E-state index contributed by atoms with van der Waals surface area (Å²) in [7, 11) is 0. The van der Waals surface area contributed by atoms with Crippen LogP contribution in [0, 0.1) is 5.92 Å². The van der Waals surface area contributed by atoms with Crippen LogP contribution in [0.1, 0.15) is 51.9 Å². The molecule has 3 nitrogen and oxygen atoms in total. The van der Waals surface area contributed by atoms with Crippen LogP contribution in [-0.2, 0) is 0 Å². The molecule has 2 unspecified atom stereocenters. The molecule has 0 aromatic rings. The van der Waals surface area contributed by atoms with Crippen molar-refractivity contribution in [3.63, 3.8) is 0 Å². The highest BCUT2D eigenvalue weighted by atomic mass is 16.2. The van der Waals surface area contributed by atoms with Crippen LogP contribution >= 0.6 is 0 Å². The van der Waals surface area contributed by atoms with Gasteiger partial charge in [0, 0.05) is 12.6 Å². The van der Waals surface area contributed by atoms with Gasteiger partial charge in [0.1, 0.15) is 0 Å². The fourth-order valence-corrected chi connectivity index (χ4v) is 3.11. The Morgan fingerprint density at radius 3 is 2.59 bits per heavy atom. The van der Waals surface area contributed by atoms with E-state index in [2.05, 4.69) is 11.8 Å². The van der Waals surface area contributed by atoms with Crippen molar-refractivity contribution in [1.29, 1.82) is 0 Å². The molecule has 0 aromatic heterocycles. The number of unbranched alkanes of at least 4 members (excludes halogenated alkanes) is 2. The van der Waals surface area contributed by atoms with E-state index in [4.69, 9.17) is 10.8 Å². The average molecular weight is 242 g/mol. The molecule has 17 heavy (non-hydrogen) atoms. The van der Waals surface area contributed by atoms with Gasteiger partial charge in [-0.25, -0.2) is 0 Å². The lowest BCUT2D eigenvalue weighted by molar-refractivity contribution is 0.110. The minimum atomic E-state index is 0.334. The smallest absolute Gasteiger partial charge is 0.0431 e. The van der Waals surface area contributed by atoms with Crippen LogP contribution in [0.4, 0.5) is 0 Å². The Bertz CT molecular complexity index is 187. The van der Waals surface area contributed by atoms with Crippen molar-refractivity contribution in [2.75, 3.05) is 26.2 Å².